The van der Waals surface area contributed by atoms with Crippen LogP contribution in [0.2, 0.25) is 0 Å². The molecule has 1 heterocycles. The molecule has 1 amide bonds. The summed E-state index contributed by atoms with van der Waals surface area (Å²) in [5.74, 6) is 0.0988. The smallest absolute Gasteiger partial charge is 0.255 e. The number of nitrogens with one attached hydrogen (secondary N) is 2. The van der Waals surface area contributed by atoms with Crippen molar-refractivity contribution in [3.63, 3.8) is 0 Å². The van der Waals surface area contributed by atoms with Gasteiger partial charge in [0.05, 0.1) is 17.9 Å². The van der Waals surface area contributed by atoms with E-state index < -0.39 is 0 Å². The highest BCUT2D eigenvalue weighted by Crippen LogP contribution is 2.31. The van der Waals surface area contributed by atoms with Crippen LogP contribution in [0.1, 0.15) is 45.7 Å². The number of Topliss-reactive ketones (excluding diaryl/α,β-unsaturated/α-hetero) is 1. The molecule has 2 aromatic carbocycles. The molecule has 0 spiro atoms. The molecule has 3 rings (SSSR count). The Bertz CT molecular complexity index is 864. The summed E-state index contributed by atoms with van der Waals surface area (Å²) in [6.45, 7) is 5.52. The number of carbonyl (C=O) groups excluding carboxylic acids is 2. The second-order valence-electron chi connectivity index (χ2n) is 6.15. The Labute approximate surface area is 161 Å². The van der Waals surface area contributed by atoms with Crippen molar-refractivity contribution in [2.24, 2.45) is 0 Å². The summed E-state index contributed by atoms with van der Waals surface area (Å²) in [4.78, 5) is 24.5. The lowest BCUT2D eigenvalue weighted by Crippen LogP contribution is -2.24. The minimum Gasteiger partial charge on any atom is -0.493 e. The van der Waals surface area contributed by atoms with Crippen molar-refractivity contribution in [3.05, 3.63) is 57.1 Å². The summed E-state index contributed by atoms with van der Waals surface area (Å²) in [6.07, 6.45) is 0.975. The van der Waals surface area contributed by atoms with Crippen LogP contribution in [0, 0.1) is 0 Å². The highest BCUT2D eigenvalue weighted by Gasteiger charge is 2.18. The normalized spacial score (nSPS) is 13.0. The second-order valence-corrected chi connectivity index (χ2v) is 6.94. The first-order valence-corrected chi connectivity index (χ1v) is 9.40. The third-order valence-corrected chi connectivity index (χ3v) is 5.29. The van der Waals surface area contributed by atoms with Crippen molar-refractivity contribution in [2.75, 3.05) is 18.5 Å². The minimum absolute atomic E-state index is 0.135. The van der Waals surface area contributed by atoms with Gasteiger partial charge in [0.15, 0.2) is 5.78 Å². The van der Waals surface area contributed by atoms with Crippen molar-refractivity contribution in [1.29, 1.82) is 0 Å². The van der Waals surface area contributed by atoms with E-state index in [2.05, 4.69) is 32.6 Å². The number of amides is 1. The molecule has 0 saturated carbocycles. The number of ether oxygens (including phenoxy) is 1. The first kappa shape index (κ1) is 18.6. The van der Waals surface area contributed by atoms with Gasteiger partial charge in [-0.05, 0) is 78.1 Å². The Morgan fingerprint density at radius 2 is 2.08 bits per heavy atom. The Kier molecular flexibility index (Phi) is 5.74. The fraction of sp³-hybridized carbons (Fsp3) is 0.300. The van der Waals surface area contributed by atoms with E-state index in [1.54, 1.807) is 18.2 Å². The maximum Gasteiger partial charge on any atom is 0.255 e. The van der Waals surface area contributed by atoms with Crippen molar-refractivity contribution >= 4 is 33.3 Å². The van der Waals surface area contributed by atoms with Crippen LogP contribution in [0.3, 0.4) is 0 Å². The van der Waals surface area contributed by atoms with Crippen LogP contribution in [0.5, 0.6) is 5.75 Å². The summed E-state index contributed by atoms with van der Waals surface area (Å²) in [7, 11) is 0. The number of fused-ring (bicyclic) bond motifs is 1. The molecule has 26 heavy (non-hydrogen) atoms. The fourth-order valence-corrected chi connectivity index (χ4v) is 3.67. The second kappa shape index (κ2) is 8.01. The maximum absolute atomic E-state index is 12.7. The average Bonchev–Trinajstić information content (AvgIpc) is 2.64. The third kappa shape index (κ3) is 3.81. The molecule has 0 atom stereocenters. The van der Waals surface area contributed by atoms with Gasteiger partial charge in [0.2, 0.25) is 0 Å². The Morgan fingerprint density at radius 1 is 1.27 bits per heavy atom. The summed E-state index contributed by atoms with van der Waals surface area (Å²) < 4.78 is 6.36. The molecular weight excluding hydrogens is 396 g/mol. The van der Waals surface area contributed by atoms with Crippen LogP contribution in [-0.4, -0.2) is 24.8 Å². The van der Waals surface area contributed by atoms with Crippen LogP contribution >= 0.6 is 15.9 Å². The van der Waals surface area contributed by atoms with E-state index in [1.165, 1.54) is 18.1 Å². The lowest BCUT2D eigenvalue weighted by molar-refractivity contribution is 0.101. The zero-order chi connectivity index (χ0) is 18.7. The van der Waals surface area contributed by atoms with Crippen LogP contribution in [0.25, 0.3) is 0 Å². The van der Waals surface area contributed by atoms with Gasteiger partial charge >= 0.3 is 0 Å². The number of anilines is 1. The van der Waals surface area contributed by atoms with Crippen molar-refractivity contribution in [3.8, 4) is 5.75 Å². The molecule has 6 heteroatoms. The molecule has 5 nitrogen and oxygen atoms in total. The monoisotopic (exact) mass is 416 g/mol. The van der Waals surface area contributed by atoms with E-state index in [4.69, 9.17) is 4.74 Å². The zero-order valence-corrected chi connectivity index (χ0v) is 16.4. The van der Waals surface area contributed by atoms with Gasteiger partial charge in [-0.15, -0.1) is 0 Å². The molecule has 1 aliphatic heterocycles. The van der Waals surface area contributed by atoms with Crippen LogP contribution in [0.15, 0.2) is 34.8 Å². The standard InChI is InChI=1S/C20H21BrN2O3/c1-3-26-18-7-5-14(10-15(18)12(2)24)20(25)23-17-6-4-13-8-9-22-11-16(13)19(17)21/h4-7,10,22H,3,8-9,11H2,1-2H3,(H,23,25). The van der Waals surface area contributed by atoms with Gasteiger partial charge in [-0.3, -0.25) is 9.59 Å². The zero-order valence-electron chi connectivity index (χ0n) is 14.8. The van der Waals surface area contributed by atoms with Gasteiger partial charge in [-0.2, -0.15) is 0 Å². The summed E-state index contributed by atoms with van der Waals surface area (Å²) >= 11 is 3.61. The Morgan fingerprint density at radius 3 is 2.81 bits per heavy atom. The molecule has 0 bridgehead atoms. The van der Waals surface area contributed by atoms with Crippen molar-refractivity contribution in [2.45, 2.75) is 26.8 Å². The van der Waals surface area contributed by atoms with E-state index in [9.17, 15) is 9.59 Å². The van der Waals surface area contributed by atoms with Gasteiger partial charge in [-0.25, -0.2) is 0 Å². The first-order chi connectivity index (χ1) is 12.5. The molecule has 2 N–H and O–H groups in total. The highest BCUT2D eigenvalue weighted by molar-refractivity contribution is 9.10. The molecular formula is C20H21BrN2O3. The molecule has 0 aliphatic carbocycles. The number of halogens is 1. The van der Waals surface area contributed by atoms with E-state index in [1.807, 2.05) is 13.0 Å². The molecule has 2 aromatic rings. The summed E-state index contributed by atoms with van der Waals surface area (Å²) in [5.41, 5.74) is 4.00. The number of carbonyl (C=O) groups is 2. The first-order valence-electron chi connectivity index (χ1n) is 8.61. The number of rotatable bonds is 5. The minimum atomic E-state index is -0.264. The molecule has 0 fully saturated rings. The number of benzene rings is 2. The summed E-state index contributed by atoms with van der Waals surface area (Å²) in [6, 6.07) is 8.88. The fourth-order valence-electron chi connectivity index (χ4n) is 3.04. The largest absolute Gasteiger partial charge is 0.493 e. The Hall–Kier alpha value is -2.18. The van der Waals surface area contributed by atoms with Gasteiger partial charge < -0.3 is 15.4 Å². The van der Waals surface area contributed by atoms with E-state index in [0.29, 0.717) is 23.5 Å². The molecule has 0 radical (unpaired) electrons. The van der Waals surface area contributed by atoms with Gasteiger partial charge in [-0.1, -0.05) is 6.07 Å². The molecule has 0 unspecified atom stereocenters. The third-order valence-electron chi connectivity index (χ3n) is 4.38. The van der Waals surface area contributed by atoms with Crippen LogP contribution in [-0.2, 0) is 13.0 Å². The van der Waals surface area contributed by atoms with E-state index >= 15 is 0 Å². The quantitative estimate of drug-likeness (QED) is 0.724. The topological polar surface area (TPSA) is 67.4 Å². The lowest BCUT2D eigenvalue weighted by Gasteiger charge is -2.20. The molecule has 0 saturated heterocycles. The Balaban J connectivity index is 1.86. The molecule has 1 aliphatic rings. The van der Waals surface area contributed by atoms with Crippen LogP contribution in [0.4, 0.5) is 5.69 Å². The van der Waals surface area contributed by atoms with Crippen LogP contribution < -0.4 is 15.4 Å². The average molecular weight is 417 g/mol. The number of hydrogen-bond acceptors (Lipinski definition) is 4. The predicted octanol–water partition coefficient (Wildman–Crippen LogP) is 3.95. The van der Waals surface area contributed by atoms with E-state index in [0.717, 1.165) is 29.7 Å². The summed E-state index contributed by atoms with van der Waals surface area (Å²) in [5, 5.41) is 6.27. The molecule has 136 valence electrons. The number of ketones is 1. The van der Waals surface area contributed by atoms with Crippen molar-refractivity contribution < 1.29 is 14.3 Å². The van der Waals surface area contributed by atoms with Gasteiger partial charge in [0.25, 0.3) is 5.91 Å². The van der Waals surface area contributed by atoms with Gasteiger partial charge in [0, 0.05) is 16.6 Å². The van der Waals surface area contributed by atoms with E-state index in [-0.39, 0.29) is 11.7 Å². The predicted molar refractivity (Wildman–Crippen MR) is 105 cm³/mol. The van der Waals surface area contributed by atoms with Gasteiger partial charge in [0.1, 0.15) is 5.75 Å². The highest BCUT2D eigenvalue weighted by atomic mass is 79.9. The maximum atomic E-state index is 12.7. The molecule has 0 aromatic heterocycles. The lowest BCUT2D eigenvalue weighted by atomic mass is 10.0. The van der Waals surface area contributed by atoms with Crippen molar-refractivity contribution in [1.82, 2.24) is 5.32 Å². The number of hydrogen-bond donors (Lipinski definition) is 2. The SMILES string of the molecule is CCOc1ccc(C(=O)Nc2ccc3c(c2Br)CNCC3)cc1C(C)=O.